The van der Waals surface area contributed by atoms with Crippen molar-refractivity contribution in [1.29, 1.82) is 0 Å². The number of carbonyl (C=O) groups is 2. The van der Waals surface area contributed by atoms with E-state index in [1.54, 1.807) is 0 Å². The molecule has 1 amide bonds. The van der Waals surface area contributed by atoms with E-state index in [1.807, 2.05) is 0 Å². The van der Waals surface area contributed by atoms with Crippen LogP contribution >= 0.6 is 0 Å². The summed E-state index contributed by atoms with van der Waals surface area (Å²) in [4.78, 5) is 34.9. The maximum Gasteiger partial charge on any atom is 0.333 e. The lowest BCUT2D eigenvalue weighted by Gasteiger charge is -2.22. The maximum atomic E-state index is 12.0. The van der Waals surface area contributed by atoms with Crippen LogP contribution < -0.4 is 14.8 Å². The van der Waals surface area contributed by atoms with E-state index < -0.39 is 17.0 Å². The van der Waals surface area contributed by atoms with Gasteiger partial charge < -0.3 is 19.5 Å². The number of ether oxygens (including phenoxy) is 3. The third-order valence-corrected chi connectivity index (χ3v) is 5.70. The van der Waals surface area contributed by atoms with Gasteiger partial charge in [0.15, 0.2) is 11.5 Å². The highest BCUT2D eigenvalue weighted by Crippen LogP contribution is 2.38. The second-order valence-electron chi connectivity index (χ2n) is 9.07. The molecule has 1 aromatic carbocycles. The second kappa shape index (κ2) is 13.6. The average molecular weight is 479 g/mol. The fourth-order valence-corrected chi connectivity index (χ4v) is 3.12. The lowest BCUT2D eigenvalue weighted by Crippen LogP contribution is -2.25. The van der Waals surface area contributed by atoms with Gasteiger partial charge in [-0.25, -0.2) is 4.79 Å². The first-order valence-electron chi connectivity index (χ1n) is 11.5. The lowest BCUT2D eigenvalue weighted by atomic mass is 9.85. The van der Waals surface area contributed by atoms with Crippen molar-refractivity contribution in [2.45, 2.75) is 72.8 Å². The Morgan fingerprint density at radius 1 is 1.24 bits per heavy atom. The van der Waals surface area contributed by atoms with Crippen LogP contribution in [0, 0.1) is 15.5 Å². The summed E-state index contributed by atoms with van der Waals surface area (Å²) in [5, 5.41) is 14.5. The molecular formula is C25H38N2O7. The van der Waals surface area contributed by atoms with Gasteiger partial charge in [-0.15, -0.1) is 0 Å². The van der Waals surface area contributed by atoms with E-state index in [2.05, 4.69) is 32.7 Å². The van der Waals surface area contributed by atoms with Crippen LogP contribution in [0.5, 0.6) is 11.5 Å². The number of hydrogen-bond donors (Lipinski definition) is 1. The van der Waals surface area contributed by atoms with Crippen LogP contribution in [0.2, 0.25) is 0 Å². The molecule has 34 heavy (non-hydrogen) atoms. The molecule has 9 heteroatoms. The summed E-state index contributed by atoms with van der Waals surface area (Å²) in [6, 6.07) is 2.67. The molecule has 1 rings (SSSR count). The van der Waals surface area contributed by atoms with Crippen LogP contribution in [0.25, 0.3) is 0 Å². The minimum atomic E-state index is -0.890. The molecule has 0 aliphatic rings. The Morgan fingerprint density at radius 3 is 2.47 bits per heavy atom. The number of nitrogens with one attached hydrogen (secondary N) is 1. The molecule has 1 N–H and O–H groups in total. The molecule has 190 valence electrons. The van der Waals surface area contributed by atoms with Crippen molar-refractivity contribution >= 4 is 17.6 Å². The van der Waals surface area contributed by atoms with Crippen LogP contribution in [0.1, 0.15) is 78.4 Å². The number of nitro benzene ring substituents is 1. The van der Waals surface area contributed by atoms with Crippen LogP contribution in [0.15, 0.2) is 24.3 Å². The van der Waals surface area contributed by atoms with E-state index in [0.29, 0.717) is 13.0 Å². The van der Waals surface area contributed by atoms with Gasteiger partial charge in [-0.2, -0.15) is 0 Å². The van der Waals surface area contributed by atoms with Gasteiger partial charge in [0, 0.05) is 18.5 Å². The molecular weight excluding hydrogens is 440 g/mol. The van der Waals surface area contributed by atoms with E-state index in [0.717, 1.165) is 19.3 Å². The summed E-state index contributed by atoms with van der Waals surface area (Å²) in [5.41, 5.74) is 0.384. The summed E-state index contributed by atoms with van der Waals surface area (Å²) < 4.78 is 16.2. The molecule has 0 aliphatic carbocycles. The van der Waals surface area contributed by atoms with Crippen molar-refractivity contribution in [1.82, 2.24) is 5.32 Å². The van der Waals surface area contributed by atoms with Crippen molar-refractivity contribution in [3.63, 3.8) is 0 Å². The van der Waals surface area contributed by atoms with E-state index in [9.17, 15) is 19.7 Å². The predicted octanol–water partition coefficient (Wildman–Crippen LogP) is 5.28. The molecule has 0 aliphatic heterocycles. The van der Waals surface area contributed by atoms with Crippen LogP contribution in [-0.4, -0.2) is 37.1 Å². The lowest BCUT2D eigenvalue weighted by molar-refractivity contribution is -0.386. The summed E-state index contributed by atoms with van der Waals surface area (Å²) >= 11 is 0. The van der Waals surface area contributed by atoms with Gasteiger partial charge in [0.05, 0.1) is 30.3 Å². The largest absolute Gasteiger partial charge is 0.493 e. The molecule has 1 atom stereocenters. The molecule has 0 fully saturated rings. The number of esters is 1. The zero-order chi connectivity index (χ0) is 25.9. The van der Waals surface area contributed by atoms with E-state index >= 15 is 0 Å². The van der Waals surface area contributed by atoms with Crippen LogP contribution in [0.4, 0.5) is 5.69 Å². The topological polar surface area (TPSA) is 117 Å². The molecule has 0 bridgehead atoms. The Morgan fingerprint density at radius 2 is 1.91 bits per heavy atom. The summed E-state index contributed by atoms with van der Waals surface area (Å²) in [7, 11) is 1.41. The monoisotopic (exact) mass is 478 g/mol. The normalized spacial score (nSPS) is 11.9. The molecule has 0 radical (unpaired) electrons. The molecule has 0 spiro atoms. The van der Waals surface area contributed by atoms with Crippen LogP contribution in [0.3, 0.4) is 0 Å². The molecule has 0 heterocycles. The summed E-state index contributed by atoms with van der Waals surface area (Å²) in [5.74, 6) is -0.256. The van der Waals surface area contributed by atoms with E-state index in [4.69, 9.17) is 14.2 Å². The number of methoxy groups -OCH3 is 1. The van der Waals surface area contributed by atoms with Gasteiger partial charge in [-0.05, 0) is 44.6 Å². The van der Waals surface area contributed by atoms with Gasteiger partial charge in [0.2, 0.25) is 5.91 Å². The highest BCUT2D eigenvalue weighted by Gasteiger charge is 2.26. The number of rotatable bonds is 15. The van der Waals surface area contributed by atoms with Crippen LogP contribution in [-0.2, 0) is 14.3 Å². The highest BCUT2D eigenvalue weighted by molar-refractivity contribution is 5.87. The Labute approximate surface area is 202 Å². The fourth-order valence-electron chi connectivity index (χ4n) is 3.12. The van der Waals surface area contributed by atoms with Gasteiger partial charge in [-0.1, -0.05) is 33.8 Å². The molecule has 0 saturated heterocycles. The van der Waals surface area contributed by atoms with E-state index in [1.165, 1.54) is 33.1 Å². The Bertz CT molecular complexity index is 880. The standard InChI is InChI=1S/C25H38N2O7/c1-8-25(5,6)12-10-13-26-23(28)11-9-14-33-22-16-20(27(30)31)19(15-21(22)32-7)18(4)34-24(29)17(2)3/h15-16,18H,2,8-14H2,1,3-7H3,(H,26,28). The first-order chi connectivity index (χ1) is 15.9. The van der Waals surface area contributed by atoms with Gasteiger partial charge >= 0.3 is 5.97 Å². The summed E-state index contributed by atoms with van der Waals surface area (Å²) in [6.45, 7) is 14.0. The number of nitro groups is 1. The Hall–Kier alpha value is -3.10. The van der Waals surface area contributed by atoms with Gasteiger partial charge in [-0.3, -0.25) is 14.9 Å². The third-order valence-electron chi connectivity index (χ3n) is 5.70. The second-order valence-corrected chi connectivity index (χ2v) is 9.07. The van der Waals surface area contributed by atoms with Gasteiger partial charge in [0.1, 0.15) is 6.10 Å². The minimum absolute atomic E-state index is 0.0562. The third kappa shape index (κ3) is 9.41. The Kier molecular flexibility index (Phi) is 11.5. The first kappa shape index (κ1) is 28.9. The number of amides is 1. The van der Waals surface area contributed by atoms with E-state index in [-0.39, 0.29) is 52.7 Å². The SMILES string of the molecule is C=C(C)C(=O)OC(C)c1cc(OC)c(OCCCC(=O)NCCCC(C)(C)CC)cc1[N+](=O)[O-]. The van der Waals surface area contributed by atoms with Crippen molar-refractivity contribution < 1.29 is 28.7 Å². The van der Waals surface area contributed by atoms with Crippen molar-refractivity contribution in [2.24, 2.45) is 5.41 Å². The van der Waals surface area contributed by atoms with Crippen molar-refractivity contribution in [2.75, 3.05) is 20.3 Å². The number of carbonyl (C=O) groups excluding carboxylic acids is 2. The number of hydrogen-bond acceptors (Lipinski definition) is 7. The first-order valence-corrected chi connectivity index (χ1v) is 11.5. The molecule has 0 saturated carbocycles. The van der Waals surface area contributed by atoms with Gasteiger partial charge in [0.25, 0.3) is 5.69 Å². The quantitative estimate of drug-likeness (QED) is 0.120. The number of nitrogens with zero attached hydrogens (tertiary/aromatic N) is 1. The smallest absolute Gasteiger partial charge is 0.333 e. The summed E-state index contributed by atoms with van der Waals surface area (Å²) in [6.07, 6.45) is 2.91. The predicted molar refractivity (Wildman–Crippen MR) is 130 cm³/mol. The van der Waals surface area contributed by atoms with Crippen molar-refractivity contribution in [3.05, 3.63) is 40.0 Å². The molecule has 1 unspecified atom stereocenters. The molecule has 9 nitrogen and oxygen atoms in total. The molecule has 0 aromatic heterocycles. The zero-order valence-corrected chi connectivity index (χ0v) is 21.2. The average Bonchev–Trinajstić information content (AvgIpc) is 2.78. The fraction of sp³-hybridized carbons (Fsp3) is 0.600. The maximum absolute atomic E-state index is 12.0. The van der Waals surface area contributed by atoms with Crippen molar-refractivity contribution in [3.8, 4) is 11.5 Å². The molecule has 1 aromatic rings. The minimum Gasteiger partial charge on any atom is -0.493 e. The number of benzene rings is 1. The highest BCUT2D eigenvalue weighted by atomic mass is 16.6. The zero-order valence-electron chi connectivity index (χ0n) is 21.2. The Balaban J connectivity index is 2.70.